The molecule has 0 aliphatic heterocycles. The first-order valence-electron chi connectivity index (χ1n) is 4.31. The molecule has 0 bridgehead atoms. The molecule has 0 spiro atoms. The summed E-state index contributed by atoms with van der Waals surface area (Å²) in [4.78, 5) is 3.20. The first-order valence-corrected chi connectivity index (χ1v) is 5.50. The van der Waals surface area contributed by atoms with E-state index in [4.69, 9.17) is 11.6 Å². The number of aryl methyl sites for hydroxylation is 1. The fraction of sp³-hybridized carbons (Fsp3) is 0.273. The molecular weight excluding hydrogens is 214 g/mol. The number of benzene rings is 1. The normalized spacial score (nSPS) is 10.0. The van der Waals surface area contributed by atoms with Crippen molar-refractivity contribution in [2.45, 2.75) is 11.8 Å². The summed E-state index contributed by atoms with van der Waals surface area (Å²) in [5.41, 5.74) is 1.19. The lowest BCUT2D eigenvalue weighted by Gasteiger charge is -2.15. The molecule has 0 saturated heterocycles. The van der Waals surface area contributed by atoms with Gasteiger partial charge in [0.2, 0.25) is 0 Å². The van der Waals surface area contributed by atoms with Crippen molar-refractivity contribution in [2.24, 2.45) is 0 Å². The van der Waals surface area contributed by atoms with Gasteiger partial charge in [-0.05, 0) is 30.7 Å². The predicted molar refractivity (Wildman–Crippen MR) is 64.9 cm³/mol. The Bertz CT molecular complexity index is 347. The average Bonchev–Trinajstić information content (AvgIpc) is 2.09. The van der Waals surface area contributed by atoms with Gasteiger partial charge in [0, 0.05) is 24.0 Å². The smallest absolute Gasteiger partial charge is 0.0677 e. The second-order valence-corrected chi connectivity index (χ2v) is 4.85. The van der Waals surface area contributed by atoms with E-state index in [9.17, 15) is 0 Å². The van der Waals surface area contributed by atoms with Crippen LogP contribution in [0.2, 0.25) is 5.02 Å². The van der Waals surface area contributed by atoms with Gasteiger partial charge < -0.3 is 4.90 Å². The Hall–Kier alpha value is -0.600. The molecule has 1 aromatic carbocycles. The van der Waals surface area contributed by atoms with Gasteiger partial charge in [0.15, 0.2) is 0 Å². The third kappa shape index (κ3) is 2.96. The Kier molecular flexibility index (Phi) is 3.90. The van der Waals surface area contributed by atoms with Crippen molar-refractivity contribution in [3.63, 3.8) is 0 Å². The summed E-state index contributed by atoms with van der Waals surface area (Å²) in [6.07, 6.45) is 0. The van der Waals surface area contributed by atoms with E-state index in [1.165, 1.54) is 10.5 Å². The number of nitrogens with zero attached hydrogens (tertiary/aromatic N) is 1. The van der Waals surface area contributed by atoms with Crippen LogP contribution < -0.4 is 0 Å². The highest BCUT2D eigenvalue weighted by molar-refractivity contribution is 8.03. The quantitative estimate of drug-likeness (QED) is 0.724. The zero-order valence-corrected chi connectivity index (χ0v) is 10.2. The molecule has 1 rings (SSSR count). The van der Waals surface area contributed by atoms with E-state index in [1.807, 2.05) is 37.2 Å². The molecule has 1 aromatic rings. The van der Waals surface area contributed by atoms with Gasteiger partial charge in [-0.3, -0.25) is 0 Å². The third-order valence-corrected chi connectivity index (χ3v) is 3.38. The molecule has 0 fully saturated rings. The van der Waals surface area contributed by atoms with Crippen molar-refractivity contribution in [2.75, 3.05) is 14.1 Å². The van der Waals surface area contributed by atoms with Crippen LogP contribution in [-0.2, 0) is 0 Å². The molecule has 1 nitrogen and oxygen atoms in total. The summed E-state index contributed by atoms with van der Waals surface area (Å²) in [5, 5.41) is 1.80. The maximum Gasteiger partial charge on any atom is 0.0677 e. The van der Waals surface area contributed by atoms with Gasteiger partial charge in [0.05, 0.1) is 5.03 Å². The molecule has 0 unspecified atom stereocenters. The summed E-state index contributed by atoms with van der Waals surface area (Å²) in [7, 11) is 3.97. The van der Waals surface area contributed by atoms with Gasteiger partial charge in [-0.15, -0.1) is 0 Å². The summed E-state index contributed by atoms with van der Waals surface area (Å²) in [5.74, 6) is 0. The van der Waals surface area contributed by atoms with E-state index < -0.39 is 0 Å². The van der Waals surface area contributed by atoms with Crippen LogP contribution in [0.25, 0.3) is 0 Å². The van der Waals surface area contributed by atoms with Crippen LogP contribution in [0.15, 0.2) is 34.7 Å². The number of rotatable bonds is 3. The lowest BCUT2D eigenvalue weighted by atomic mass is 10.2. The van der Waals surface area contributed by atoms with Crippen LogP contribution in [0.5, 0.6) is 0 Å². The van der Waals surface area contributed by atoms with E-state index in [0.717, 1.165) is 10.1 Å². The van der Waals surface area contributed by atoms with Gasteiger partial charge in [-0.2, -0.15) is 0 Å². The minimum absolute atomic E-state index is 0.780. The first-order chi connectivity index (χ1) is 6.50. The number of hydrogen-bond acceptors (Lipinski definition) is 2. The van der Waals surface area contributed by atoms with E-state index in [2.05, 4.69) is 13.5 Å². The zero-order valence-electron chi connectivity index (χ0n) is 8.67. The SMILES string of the molecule is C=C(Sc1ccc(Cl)cc1C)N(C)C. The molecule has 0 aromatic heterocycles. The largest absolute Gasteiger partial charge is 0.373 e. The molecule has 0 radical (unpaired) electrons. The molecule has 0 saturated carbocycles. The lowest BCUT2D eigenvalue weighted by Crippen LogP contribution is -2.06. The van der Waals surface area contributed by atoms with Gasteiger partial charge in [-0.1, -0.05) is 29.9 Å². The maximum absolute atomic E-state index is 5.87. The highest BCUT2D eigenvalue weighted by Crippen LogP contribution is 2.30. The Balaban J connectivity index is 2.82. The van der Waals surface area contributed by atoms with Crippen LogP contribution in [0.3, 0.4) is 0 Å². The zero-order chi connectivity index (χ0) is 10.7. The van der Waals surface area contributed by atoms with Crippen LogP contribution in [0, 0.1) is 6.92 Å². The van der Waals surface area contributed by atoms with Crippen LogP contribution in [0.4, 0.5) is 0 Å². The van der Waals surface area contributed by atoms with E-state index in [0.29, 0.717) is 0 Å². The Morgan fingerprint density at radius 1 is 1.43 bits per heavy atom. The van der Waals surface area contributed by atoms with Gasteiger partial charge in [-0.25, -0.2) is 0 Å². The summed E-state index contributed by atoms with van der Waals surface area (Å²) in [6, 6.07) is 5.89. The highest BCUT2D eigenvalue weighted by Gasteiger charge is 2.03. The highest BCUT2D eigenvalue weighted by atomic mass is 35.5. The first kappa shape index (κ1) is 11.5. The standard InChI is InChI=1S/C11H14ClNS/c1-8-7-10(12)5-6-11(8)14-9(2)13(3)4/h5-7H,2H2,1,3-4H3. The number of halogens is 1. The lowest BCUT2D eigenvalue weighted by molar-refractivity contribution is 0.552. The minimum Gasteiger partial charge on any atom is -0.373 e. The summed E-state index contributed by atoms with van der Waals surface area (Å²) in [6.45, 7) is 6.02. The van der Waals surface area contributed by atoms with Crippen molar-refractivity contribution in [1.82, 2.24) is 4.90 Å². The number of hydrogen-bond donors (Lipinski definition) is 0. The van der Waals surface area contributed by atoms with Crippen molar-refractivity contribution in [3.8, 4) is 0 Å². The molecule has 0 aliphatic rings. The molecule has 3 heteroatoms. The predicted octanol–water partition coefficient (Wildman–Crippen LogP) is 3.77. The molecule has 0 heterocycles. The molecule has 14 heavy (non-hydrogen) atoms. The van der Waals surface area contributed by atoms with Gasteiger partial charge in [0.1, 0.15) is 0 Å². The summed E-state index contributed by atoms with van der Waals surface area (Å²) < 4.78 is 0. The second-order valence-electron chi connectivity index (χ2n) is 3.30. The van der Waals surface area contributed by atoms with E-state index >= 15 is 0 Å². The number of thioether (sulfide) groups is 1. The molecule has 76 valence electrons. The van der Waals surface area contributed by atoms with Gasteiger partial charge in [0.25, 0.3) is 0 Å². The van der Waals surface area contributed by atoms with E-state index in [-0.39, 0.29) is 0 Å². The molecule has 0 N–H and O–H groups in total. The minimum atomic E-state index is 0.780. The van der Waals surface area contributed by atoms with Crippen molar-refractivity contribution >= 4 is 23.4 Å². The molecule has 0 atom stereocenters. The molecule has 0 aliphatic carbocycles. The van der Waals surface area contributed by atoms with E-state index in [1.54, 1.807) is 11.8 Å². The molecule has 0 amide bonds. The third-order valence-electron chi connectivity index (χ3n) is 1.86. The topological polar surface area (TPSA) is 3.24 Å². The van der Waals surface area contributed by atoms with Crippen LogP contribution in [0.1, 0.15) is 5.56 Å². The maximum atomic E-state index is 5.87. The van der Waals surface area contributed by atoms with Crippen molar-refractivity contribution < 1.29 is 0 Å². The van der Waals surface area contributed by atoms with Crippen LogP contribution in [-0.4, -0.2) is 19.0 Å². The fourth-order valence-electron chi connectivity index (χ4n) is 0.946. The Labute approximate surface area is 94.8 Å². The van der Waals surface area contributed by atoms with Crippen molar-refractivity contribution in [1.29, 1.82) is 0 Å². The second kappa shape index (κ2) is 4.76. The van der Waals surface area contributed by atoms with Crippen molar-refractivity contribution in [3.05, 3.63) is 40.4 Å². The molecular formula is C11H14ClNS. The average molecular weight is 228 g/mol. The fourth-order valence-corrected chi connectivity index (χ4v) is 1.96. The monoisotopic (exact) mass is 227 g/mol. The Morgan fingerprint density at radius 3 is 2.57 bits per heavy atom. The summed E-state index contributed by atoms with van der Waals surface area (Å²) >= 11 is 7.53. The van der Waals surface area contributed by atoms with Gasteiger partial charge >= 0.3 is 0 Å². The Morgan fingerprint density at radius 2 is 2.07 bits per heavy atom. The van der Waals surface area contributed by atoms with Crippen LogP contribution >= 0.6 is 23.4 Å².